The van der Waals surface area contributed by atoms with Crippen molar-refractivity contribution in [2.24, 2.45) is 0 Å². The quantitative estimate of drug-likeness (QED) is 0.923. The van der Waals surface area contributed by atoms with Crippen molar-refractivity contribution < 1.29 is 14.3 Å². The average Bonchev–Trinajstić information content (AvgIpc) is 2.86. The molecule has 1 N–H and O–H groups in total. The molecule has 1 aliphatic rings. The lowest BCUT2D eigenvalue weighted by Crippen LogP contribution is -2.14. The topological polar surface area (TPSA) is 47.6 Å². The predicted molar refractivity (Wildman–Crippen MR) is 90.8 cm³/mol. The Balaban J connectivity index is 1.97. The minimum absolute atomic E-state index is 0.000140. The molecule has 5 heteroatoms. The van der Waals surface area contributed by atoms with Crippen LogP contribution in [0.4, 0.5) is 5.69 Å². The second kappa shape index (κ2) is 6.13. The number of anilines is 1. The van der Waals surface area contributed by atoms with Crippen molar-refractivity contribution in [3.05, 3.63) is 52.0 Å². The third-order valence-corrected chi connectivity index (χ3v) is 4.57. The fraction of sp³-hybridized carbons (Fsp3) is 0.278. The molecule has 1 amide bonds. The molecule has 4 nitrogen and oxygen atoms in total. The number of rotatable bonds is 4. The molecular formula is C18H18ClNO3. The van der Waals surface area contributed by atoms with Gasteiger partial charge in [-0.15, -0.1) is 0 Å². The first-order chi connectivity index (χ1) is 11.0. The predicted octanol–water partition coefficient (Wildman–Crippen LogP) is 3.94. The third-order valence-electron chi connectivity index (χ3n) is 4.22. The number of fused-ring (bicyclic) bond motifs is 1. The van der Waals surface area contributed by atoms with Crippen LogP contribution in [0.25, 0.3) is 0 Å². The van der Waals surface area contributed by atoms with Crippen LogP contribution in [0.3, 0.4) is 0 Å². The summed E-state index contributed by atoms with van der Waals surface area (Å²) in [5.74, 6) is 0.934. The largest absolute Gasteiger partial charge is 0.493 e. The van der Waals surface area contributed by atoms with Crippen molar-refractivity contribution in [3.63, 3.8) is 0 Å². The summed E-state index contributed by atoms with van der Waals surface area (Å²) in [6, 6.07) is 9.50. The van der Waals surface area contributed by atoms with Crippen LogP contribution in [0.1, 0.15) is 22.6 Å². The number of hydrogen-bond acceptors (Lipinski definition) is 3. The summed E-state index contributed by atoms with van der Waals surface area (Å²) < 4.78 is 10.6. The Labute approximate surface area is 140 Å². The zero-order valence-electron chi connectivity index (χ0n) is 13.3. The Morgan fingerprint density at radius 2 is 1.87 bits per heavy atom. The first kappa shape index (κ1) is 15.7. The van der Waals surface area contributed by atoms with Crippen LogP contribution in [-0.2, 0) is 11.2 Å². The van der Waals surface area contributed by atoms with Crippen molar-refractivity contribution in [1.29, 1.82) is 0 Å². The molecular weight excluding hydrogens is 314 g/mol. The van der Waals surface area contributed by atoms with Gasteiger partial charge in [-0.2, -0.15) is 0 Å². The van der Waals surface area contributed by atoms with Gasteiger partial charge in [-0.05, 0) is 36.1 Å². The van der Waals surface area contributed by atoms with E-state index in [9.17, 15) is 4.79 Å². The monoisotopic (exact) mass is 331 g/mol. The minimum Gasteiger partial charge on any atom is -0.493 e. The molecule has 1 aliphatic heterocycles. The molecule has 0 aromatic heterocycles. The highest BCUT2D eigenvalue weighted by Gasteiger charge is 2.32. The van der Waals surface area contributed by atoms with E-state index in [0.717, 1.165) is 22.4 Å². The van der Waals surface area contributed by atoms with Crippen LogP contribution >= 0.6 is 11.6 Å². The van der Waals surface area contributed by atoms with Crippen LogP contribution in [0.2, 0.25) is 5.02 Å². The highest BCUT2D eigenvalue weighted by atomic mass is 35.5. The maximum Gasteiger partial charge on any atom is 0.232 e. The Morgan fingerprint density at radius 3 is 2.57 bits per heavy atom. The average molecular weight is 332 g/mol. The third kappa shape index (κ3) is 2.75. The molecule has 0 saturated carbocycles. The van der Waals surface area contributed by atoms with Gasteiger partial charge < -0.3 is 14.8 Å². The van der Waals surface area contributed by atoms with E-state index in [4.69, 9.17) is 21.1 Å². The summed E-state index contributed by atoms with van der Waals surface area (Å²) in [4.78, 5) is 12.4. The van der Waals surface area contributed by atoms with E-state index in [1.54, 1.807) is 20.3 Å². The number of carbonyl (C=O) groups is 1. The molecule has 1 heterocycles. The maximum absolute atomic E-state index is 12.4. The summed E-state index contributed by atoms with van der Waals surface area (Å²) >= 11 is 6.35. The summed E-state index contributed by atoms with van der Waals surface area (Å²) in [5, 5.41) is 3.53. The number of ether oxygens (including phenoxy) is 2. The van der Waals surface area contributed by atoms with Crippen molar-refractivity contribution in [2.75, 3.05) is 19.5 Å². The first-order valence-corrected chi connectivity index (χ1v) is 7.73. The lowest BCUT2D eigenvalue weighted by atomic mass is 9.92. The number of amides is 1. The zero-order chi connectivity index (χ0) is 16.6. The van der Waals surface area contributed by atoms with Crippen LogP contribution in [-0.4, -0.2) is 20.1 Å². The molecule has 2 aromatic carbocycles. The van der Waals surface area contributed by atoms with E-state index >= 15 is 0 Å². The van der Waals surface area contributed by atoms with Gasteiger partial charge in [0, 0.05) is 16.8 Å². The van der Waals surface area contributed by atoms with E-state index in [-0.39, 0.29) is 11.8 Å². The smallest absolute Gasteiger partial charge is 0.232 e. The molecule has 1 atom stereocenters. The summed E-state index contributed by atoms with van der Waals surface area (Å²) in [6.45, 7) is 1.99. The van der Waals surface area contributed by atoms with Crippen molar-refractivity contribution >= 4 is 23.2 Å². The van der Waals surface area contributed by atoms with Crippen LogP contribution in [0, 0.1) is 6.92 Å². The van der Waals surface area contributed by atoms with Gasteiger partial charge in [0.15, 0.2) is 11.5 Å². The number of methoxy groups -OCH3 is 2. The van der Waals surface area contributed by atoms with Gasteiger partial charge in [0.1, 0.15) is 0 Å². The maximum atomic E-state index is 12.4. The van der Waals surface area contributed by atoms with E-state index in [1.165, 1.54) is 0 Å². The second-order valence-corrected chi connectivity index (χ2v) is 5.99. The van der Waals surface area contributed by atoms with Crippen molar-refractivity contribution in [1.82, 2.24) is 0 Å². The van der Waals surface area contributed by atoms with Gasteiger partial charge in [-0.25, -0.2) is 0 Å². The van der Waals surface area contributed by atoms with Gasteiger partial charge in [-0.1, -0.05) is 29.8 Å². The first-order valence-electron chi connectivity index (χ1n) is 7.36. The highest BCUT2D eigenvalue weighted by molar-refractivity contribution is 6.31. The Bertz CT molecular complexity index is 773. The number of carbonyl (C=O) groups excluding carboxylic acids is 1. The zero-order valence-corrected chi connectivity index (χ0v) is 14.0. The van der Waals surface area contributed by atoms with Crippen LogP contribution in [0.5, 0.6) is 11.5 Å². The molecule has 0 bridgehead atoms. The Hall–Kier alpha value is -2.20. The standard InChI is InChI=1S/C18H18ClNO3/c1-10-5-4-6-12-13(18(21)20-17(10)12)7-11-8-15(22-2)16(23-3)9-14(11)19/h4-6,8-9,13H,7H2,1-3H3,(H,20,21). The number of hydrogen-bond donors (Lipinski definition) is 1. The fourth-order valence-corrected chi connectivity index (χ4v) is 3.21. The summed E-state index contributed by atoms with van der Waals surface area (Å²) in [6.07, 6.45) is 0.515. The highest BCUT2D eigenvalue weighted by Crippen LogP contribution is 2.40. The van der Waals surface area contributed by atoms with E-state index in [0.29, 0.717) is 22.9 Å². The number of aryl methyl sites for hydroxylation is 1. The lowest BCUT2D eigenvalue weighted by molar-refractivity contribution is -0.117. The normalized spacial score (nSPS) is 16.0. The fourth-order valence-electron chi connectivity index (χ4n) is 2.98. The Kier molecular flexibility index (Phi) is 4.18. The molecule has 0 radical (unpaired) electrons. The molecule has 0 spiro atoms. The Morgan fingerprint density at radius 1 is 1.17 bits per heavy atom. The minimum atomic E-state index is -0.250. The molecule has 23 heavy (non-hydrogen) atoms. The number of para-hydroxylation sites is 1. The SMILES string of the molecule is COc1cc(Cl)c(CC2C(=O)Nc3c(C)cccc32)cc1OC. The number of nitrogens with one attached hydrogen (secondary N) is 1. The summed E-state index contributed by atoms with van der Waals surface area (Å²) in [7, 11) is 3.15. The van der Waals surface area contributed by atoms with Gasteiger partial charge in [0.25, 0.3) is 0 Å². The van der Waals surface area contributed by atoms with E-state index in [1.807, 2.05) is 31.2 Å². The van der Waals surface area contributed by atoms with Gasteiger partial charge >= 0.3 is 0 Å². The van der Waals surface area contributed by atoms with E-state index in [2.05, 4.69) is 5.32 Å². The number of benzene rings is 2. The summed E-state index contributed by atoms with van der Waals surface area (Å²) in [5.41, 5.74) is 3.86. The van der Waals surface area contributed by atoms with Gasteiger partial charge in [-0.3, -0.25) is 4.79 Å². The van der Waals surface area contributed by atoms with Gasteiger partial charge in [0.05, 0.1) is 20.1 Å². The van der Waals surface area contributed by atoms with Crippen LogP contribution < -0.4 is 14.8 Å². The molecule has 0 saturated heterocycles. The van der Waals surface area contributed by atoms with Gasteiger partial charge in [0.2, 0.25) is 5.91 Å². The molecule has 120 valence electrons. The van der Waals surface area contributed by atoms with Crippen molar-refractivity contribution in [2.45, 2.75) is 19.3 Å². The lowest BCUT2D eigenvalue weighted by Gasteiger charge is -2.14. The molecule has 1 unspecified atom stereocenters. The van der Waals surface area contributed by atoms with Crippen LogP contribution in [0.15, 0.2) is 30.3 Å². The van der Waals surface area contributed by atoms with E-state index < -0.39 is 0 Å². The molecule has 2 aromatic rings. The molecule has 3 rings (SSSR count). The molecule has 0 fully saturated rings. The van der Waals surface area contributed by atoms with Crippen molar-refractivity contribution in [3.8, 4) is 11.5 Å². The second-order valence-electron chi connectivity index (χ2n) is 5.58. The number of halogens is 1. The molecule has 0 aliphatic carbocycles.